The van der Waals surface area contributed by atoms with Crippen molar-refractivity contribution in [1.29, 1.82) is 0 Å². The molecule has 0 fully saturated rings. The molecule has 2 nitrogen and oxygen atoms in total. The first kappa shape index (κ1) is 18.5. The van der Waals surface area contributed by atoms with Crippen LogP contribution >= 0.6 is 11.6 Å². The van der Waals surface area contributed by atoms with E-state index in [4.69, 9.17) is 16.3 Å². The third-order valence-corrected chi connectivity index (χ3v) is 3.50. The lowest BCUT2D eigenvalue weighted by molar-refractivity contribution is 0.288. The van der Waals surface area contributed by atoms with Gasteiger partial charge in [0, 0.05) is 10.6 Å². The summed E-state index contributed by atoms with van der Waals surface area (Å²) in [7, 11) is 1.50. The zero-order valence-electron chi connectivity index (χ0n) is 13.3. The van der Waals surface area contributed by atoms with Gasteiger partial charge in [-0.15, -0.1) is 0 Å². The van der Waals surface area contributed by atoms with Gasteiger partial charge in [0.2, 0.25) is 0 Å². The second kappa shape index (κ2) is 9.44. The van der Waals surface area contributed by atoms with Gasteiger partial charge in [0.1, 0.15) is 11.6 Å². The first-order valence-electron chi connectivity index (χ1n) is 7.54. The zero-order chi connectivity index (χ0) is 16.5. The maximum Gasteiger partial charge on any atom is 0.134 e. The molecule has 1 aliphatic rings. The number of rotatable bonds is 1. The Balaban J connectivity index is 0.000000561. The number of benzene rings is 2. The molecule has 3 rings (SSSR count). The molecule has 120 valence electrons. The number of aryl methyl sites for hydroxylation is 1. The molecule has 0 atom stereocenters. The Bertz CT molecular complexity index is 602. The third kappa shape index (κ3) is 3.99. The van der Waals surface area contributed by atoms with Crippen molar-refractivity contribution in [3.05, 3.63) is 52.8 Å². The van der Waals surface area contributed by atoms with Crippen molar-refractivity contribution >= 4 is 11.6 Å². The van der Waals surface area contributed by atoms with Crippen LogP contribution in [0.15, 0.2) is 36.4 Å². The minimum atomic E-state index is -0.288. The molecule has 0 spiro atoms. The van der Waals surface area contributed by atoms with Crippen LogP contribution in [0, 0.1) is 5.82 Å². The SMILES string of the molecule is CC.CN.Fc1ccc2c(c1-c1ccccc1Cl)OCCC2. The quantitative estimate of drug-likeness (QED) is 0.795. The predicted molar refractivity (Wildman–Crippen MR) is 92.1 cm³/mol. The molecule has 4 heteroatoms. The summed E-state index contributed by atoms with van der Waals surface area (Å²) in [5.41, 5.74) is 6.73. The number of fused-ring (bicyclic) bond motifs is 1. The fraction of sp³-hybridized carbons (Fsp3) is 0.333. The van der Waals surface area contributed by atoms with E-state index in [1.54, 1.807) is 12.1 Å². The van der Waals surface area contributed by atoms with Gasteiger partial charge < -0.3 is 10.5 Å². The molecule has 0 radical (unpaired) electrons. The Morgan fingerprint density at radius 2 is 1.77 bits per heavy atom. The summed E-state index contributed by atoms with van der Waals surface area (Å²) in [4.78, 5) is 0. The lowest BCUT2D eigenvalue weighted by atomic mass is 9.97. The molecular weight excluding hydrogens is 301 g/mol. The van der Waals surface area contributed by atoms with Crippen LogP contribution in [0.4, 0.5) is 4.39 Å². The number of hydrogen-bond donors (Lipinski definition) is 1. The van der Waals surface area contributed by atoms with Gasteiger partial charge in [-0.25, -0.2) is 4.39 Å². The molecule has 0 bridgehead atoms. The molecular formula is C18H23ClFNO. The van der Waals surface area contributed by atoms with Crippen LogP contribution in [0.5, 0.6) is 5.75 Å². The first-order valence-corrected chi connectivity index (χ1v) is 7.92. The van der Waals surface area contributed by atoms with Crippen molar-refractivity contribution in [2.75, 3.05) is 13.7 Å². The first-order chi connectivity index (χ1) is 10.8. The molecule has 0 saturated heterocycles. The number of halogens is 2. The van der Waals surface area contributed by atoms with Crippen molar-refractivity contribution in [3.8, 4) is 16.9 Å². The molecule has 0 amide bonds. The topological polar surface area (TPSA) is 35.2 Å². The van der Waals surface area contributed by atoms with E-state index in [2.05, 4.69) is 5.73 Å². The summed E-state index contributed by atoms with van der Waals surface area (Å²) in [5.74, 6) is 0.359. The highest BCUT2D eigenvalue weighted by Crippen LogP contribution is 2.40. The monoisotopic (exact) mass is 323 g/mol. The van der Waals surface area contributed by atoms with Gasteiger partial charge in [0.05, 0.1) is 12.2 Å². The summed E-state index contributed by atoms with van der Waals surface area (Å²) in [6, 6.07) is 10.6. The van der Waals surface area contributed by atoms with E-state index in [1.807, 2.05) is 32.0 Å². The third-order valence-electron chi connectivity index (χ3n) is 3.17. The van der Waals surface area contributed by atoms with Gasteiger partial charge in [0.25, 0.3) is 0 Å². The Morgan fingerprint density at radius 3 is 2.45 bits per heavy atom. The predicted octanol–water partition coefficient (Wildman–Crippen LogP) is 5.07. The molecule has 1 aliphatic heterocycles. The number of hydrogen-bond acceptors (Lipinski definition) is 2. The summed E-state index contributed by atoms with van der Waals surface area (Å²) in [6.07, 6.45) is 1.90. The summed E-state index contributed by atoms with van der Waals surface area (Å²) in [5, 5.41) is 0.541. The smallest absolute Gasteiger partial charge is 0.134 e. The molecule has 0 unspecified atom stereocenters. The van der Waals surface area contributed by atoms with E-state index >= 15 is 0 Å². The van der Waals surface area contributed by atoms with Crippen LogP contribution < -0.4 is 10.5 Å². The van der Waals surface area contributed by atoms with E-state index < -0.39 is 0 Å². The normalized spacial score (nSPS) is 11.9. The Morgan fingerprint density at radius 1 is 1.09 bits per heavy atom. The van der Waals surface area contributed by atoms with E-state index in [9.17, 15) is 4.39 Å². The van der Waals surface area contributed by atoms with Crippen molar-refractivity contribution in [3.63, 3.8) is 0 Å². The summed E-state index contributed by atoms with van der Waals surface area (Å²) >= 11 is 6.15. The average Bonchev–Trinajstić information content (AvgIpc) is 2.59. The standard InChI is InChI=1S/C15H12ClFO.C2H6.CH5N/c16-12-6-2-1-5-11(12)14-13(17)8-7-10-4-3-9-18-15(10)14;2*1-2/h1-2,5-8H,3-4,9H2;1-2H3;2H2,1H3. The highest BCUT2D eigenvalue weighted by molar-refractivity contribution is 6.33. The van der Waals surface area contributed by atoms with E-state index in [0.29, 0.717) is 28.5 Å². The molecule has 1 heterocycles. The van der Waals surface area contributed by atoms with Gasteiger partial charge in [-0.1, -0.05) is 49.7 Å². The van der Waals surface area contributed by atoms with E-state index in [-0.39, 0.29) is 5.82 Å². The zero-order valence-corrected chi connectivity index (χ0v) is 14.1. The highest BCUT2D eigenvalue weighted by atomic mass is 35.5. The highest BCUT2D eigenvalue weighted by Gasteiger charge is 2.20. The van der Waals surface area contributed by atoms with Gasteiger partial charge >= 0.3 is 0 Å². The Labute approximate surface area is 137 Å². The van der Waals surface area contributed by atoms with Crippen molar-refractivity contribution < 1.29 is 9.13 Å². The van der Waals surface area contributed by atoms with E-state index in [1.165, 1.54) is 13.1 Å². The lowest BCUT2D eigenvalue weighted by Gasteiger charge is -2.21. The second-order valence-corrected chi connectivity index (χ2v) is 4.75. The Hall–Kier alpha value is -1.58. The average molecular weight is 324 g/mol. The number of ether oxygens (including phenoxy) is 1. The van der Waals surface area contributed by atoms with Crippen LogP contribution in [0.3, 0.4) is 0 Å². The fourth-order valence-corrected chi connectivity index (χ4v) is 2.55. The van der Waals surface area contributed by atoms with Gasteiger partial charge in [0.15, 0.2) is 0 Å². The van der Waals surface area contributed by atoms with Crippen LogP contribution in [0.1, 0.15) is 25.8 Å². The number of nitrogens with two attached hydrogens (primary N) is 1. The second-order valence-electron chi connectivity index (χ2n) is 4.34. The van der Waals surface area contributed by atoms with Crippen molar-refractivity contribution in [2.24, 2.45) is 5.73 Å². The van der Waals surface area contributed by atoms with Crippen LogP contribution in [-0.4, -0.2) is 13.7 Å². The molecule has 0 aromatic heterocycles. The molecule has 0 saturated carbocycles. The summed E-state index contributed by atoms with van der Waals surface area (Å²) < 4.78 is 19.8. The minimum Gasteiger partial charge on any atom is -0.493 e. The fourth-order valence-electron chi connectivity index (χ4n) is 2.32. The van der Waals surface area contributed by atoms with Crippen molar-refractivity contribution in [1.82, 2.24) is 0 Å². The van der Waals surface area contributed by atoms with Gasteiger partial charge in [-0.05, 0) is 37.6 Å². The molecule has 2 N–H and O–H groups in total. The van der Waals surface area contributed by atoms with Gasteiger partial charge in [-0.3, -0.25) is 0 Å². The molecule has 2 aromatic carbocycles. The maximum absolute atomic E-state index is 14.1. The maximum atomic E-state index is 14.1. The lowest BCUT2D eigenvalue weighted by Crippen LogP contribution is -2.10. The Kier molecular flexibility index (Phi) is 7.92. The van der Waals surface area contributed by atoms with Crippen LogP contribution in [0.2, 0.25) is 5.02 Å². The molecule has 2 aromatic rings. The van der Waals surface area contributed by atoms with Crippen LogP contribution in [-0.2, 0) is 6.42 Å². The van der Waals surface area contributed by atoms with Crippen LogP contribution in [0.25, 0.3) is 11.1 Å². The van der Waals surface area contributed by atoms with Crippen molar-refractivity contribution in [2.45, 2.75) is 26.7 Å². The largest absolute Gasteiger partial charge is 0.493 e. The van der Waals surface area contributed by atoms with Gasteiger partial charge in [-0.2, -0.15) is 0 Å². The minimum absolute atomic E-state index is 0.288. The molecule has 22 heavy (non-hydrogen) atoms. The summed E-state index contributed by atoms with van der Waals surface area (Å²) in [6.45, 7) is 4.63. The molecule has 0 aliphatic carbocycles. The van der Waals surface area contributed by atoms with E-state index in [0.717, 1.165) is 18.4 Å².